The molecule has 1 unspecified atom stereocenters. The molecule has 0 spiro atoms. The van der Waals surface area contributed by atoms with E-state index < -0.39 is 5.38 Å². The molecule has 2 aromatic carbocycles. The summed E-state index contributed by atoms with van der Waals surface area (Å²) in [6, 6.07) is 12.9. The first kappa shape index (κ1) is 20.2. The van der Waals surface area contributed by atoms with Crippen LogP contribution in [0, 0.1) is 12.3 Å². The van der Waals surface area contributed by atoms with Crippen molar-refractivity contribution in [1.29, 1.82) is 0 Å². The van der Waals surface area contributed by atoms with Crippen molar-refractivity contribution < 1.29 is 14.3 Å². The number of ether oxygens (including phenoxy) is 2. The predicted molar refractivity (Wildman–Crippen MR) is 107 cm³/mol. The summed E-state index contributed by atoms with van der Waals surface area (Å²) in [6.45, 7) is 0.644. The Morgan fingerprint density at radius 1 is 1.27 bits per heavy atom. The topological polar surface area (TPSA) is 47.6 Å². The van der Waals surface area contributed by atoms with Gasteiger partial charge in [-0.05, 0) is 41.8 Å². The third kappa shape index (κ3) is 5.69. The van der Waals surface area contributed by atoms with E-state index in [2.05, 4.69) is 27.2 Å². The summed E-state index contributed by atoms with van der Waals surface area (Å²) in [5.74, 6) is 3.39. The van der Waals surface area contributed by atoms with Crippen molar-refractivity contribution in [3.63, 3.8) is 0 Å². The Morgan fingerprint density at radius 3 is 2.65 bits per heavy atom. The standard InChI is InChI=1S/C20H19BrClNO3/c1-3-12-26-17-9-4-14(13-18(17)25-2)10-11-23-20(24)19(22)15-5-7-16(21)8-6-15/h1,4-9,13,19H,10-12H2,2H3,(H,23,24). The number of methoxy groups -OCH3 is 1. The van der Waals surface area contributed by atoms with E-state index in [1.165, 1.54) is 0 Å². The first-order valence-corrected chi connectivity index (χ1v) is 9.18. The number of alkyl halides is 1. The van der Waals surface area contributed by atoms with Gasteiger partial charge in [-0.25, -0.2) is 0 Å². The van der Waals surface area contributed by atoms with E-state index >= 15 is 0 Å². The Labute approximate surface area is 167 Å². The molecule has 0 aliphatic heterocycles. The highest BCUT2D eigenvalue weighted by Crippen LogP contribution is 2.28. The van der Waals surface area contributed by atoms with Gasteiger partial charge < -0.3 is 14.8 Å². The number of terminal acetylenes is 1. The van der Waals surface area contributed by atoms with Gasteiger partial charge in [0.2, 0.25) is 5.91 Å². The van der Waals surface area contributed by atoms with Crippen molar-refractivity contribution in [2.45, 2.75) is 11.8 Å². The Hall–Kier alpha value is -2.16. The molecule has 4 nitrogen and oxygen atoms in total. The van der Waals surface area contributed by atoms with Gasteiger partial charge in [0.15, 0.2) is 11.5 Å². The molecule has 6 heteroatoms. The van der Waals surface area contributed by atoms with Crippen LogP contribution in [0.3, 0.4) is 0 Å². The fraction of sp³-hybridized carbons (Fsp3) is 0.250. The number of nitrogens with one attached hydrogen (secondary N) is 1. The maximum Gasteiger partial charge on any atom is 0.242 e. The zero-order valence-electron chi connectivity index (χ0n) is 14.3. The normalized spacial score (nSPS) is 11.3. The summed E-state index contributed by atoms with van der Waals surface area (Å²) in [6.07, 6.45) is 5.84. The molecule has 1 amide bonds. The van der Waals surface area contributed by atoms with Crippen LogP contribution in [-0.2, 0) is 11.2 Å². The molecule has 2 aromatic rings. The van der Waals surface area contributed by atoms with Crippen LogP contribution >= 0.6 is 27.5 Å². The lowest BCUT2D eigenvalue weighted by Gasteiger charge is -2.13. The van der Waals surface area contributed by atoms with Crippen molar-refractivity contribution in [2.75, 3.05) is 20.3 Å². The van der Waals surface area contributed by atoms with Gasteiger partial charge in [-0.3, -0.25) is 4.79 Å². The minimum atomic E-state index is -0.725. The van der Waals surface area contributed by atoms with E-state index in [0.29, 0.717) is 24.5 Å². The first-order valence-electron chi connectivity index (χ1n) is 7.95. The molecule has 0 fully saturated rings. The van der Waals surface area contributed by atoms with Crippen LogP contribution < -0.4 is 14.8 Å². The lowest BCUT2D eigenvalue weighted by molar-refractivity contribution is -0.120. The molecule has 26 heavy (non-hydrogen) atoms. The molecular formula is C20H19BrClNO3. The monoisotopic (exact) mass is 435 g/mol. The summed E-state index contributed by atoms with van der Waals surface area (Å²) in [4.78, 5) is 12.2. The average Bonchev–Trinajstić information content (AvgIpc) is 2.66. The van der Waals surface area contributed by atoms with Gasteiger partial charge >= 0.3 is 0 Å². The Morgan fingerprint density at radius 2 is 2.00 bits per heavy atom. The predicted octanol–water partition coefficient (Wildman–Crippen LogP) is 4.11. The van der Waals surface area contributed by atoms with Crippen molar-refractivity contribution in [2.24, 2.45) is 0 Å². The Kier molecular flexibility index (Phi) is 7.83. The van der Waals surface area contributed by atoms with Crippen molar-refractivity contribution in [3.05, 3.63) is 58.1 Å². The maximum absolute atomic E-state index is 12.2. The van der Waals surface area contributed by atoms with Crippen LogP contribution in [0.25, 0.3) is 0 Å². The highest BCUT2D eigenvalue weighted by Gasteiger charge is 2.17. The summed E-state index contributed by atoms with van der Waals surface area (Å²) in [5, 5.41) is 2.12. The summed E-state index contributed by atoms with van der Waals surface area (Å²) < 4.78 is 11.7. The lowest BCUT2D eigenvalue weighted by atomic mass is 10.1. The van der Waals surface area contributed by atoms with Gasteiger partial charge in [0.05, 0.1) is 7.11 Å². The number of hydrogen-bond acceptors (Lipinski definition) is 3. The minimum Gasteiger partial charge on any atom is -0.493 e. The van der Waals surface area contributed by atoms with Crippen molar-refractivity contribution in [1.82, 2.24) is 5.32 Å². The second-order valence-corrected chi connectivity index (χ2v) is 6.79. The number of carbonyl (C=O) groups excluding carboxylic acids is 1. The van der Waals surface area contributed by atoms with Crippen LogP contribution in [0.15, 0.2) is 46.9 Å². The number of hydrogen-bond donors (Lipinski definition) is 1. The molecule has 1 N–H and O–H groups in total. The minimum absolute atomic E-state index is 0.179. The zero-order valence-corrected chi connectivity index (χ0v) is 16.6. The van der Waals surface area contributed by atoms with Crippen LogP contribution in [0.4, 0.5) is 0 Å². The van der Waals surface area contributed by atoms with Crippen molar-refractivity contribution in [3.8, 4) is 23.8 Å². The van der Waals surface area contributed by atoms with E-state index in [0.717, 1.165) is 15.6 Å². The summed E-state index contributed by atoms with van der Waals surface area (Å²) in [5.41, 5.74) is 1.76. The van der Waals surface area contributed by atoms with E-state index in [9.17, 15) is 4.79 Å². The highest BCUT2D eigenvalue weighted by atomic mass is 79.9. The van der Waals surface area contributed by atoms with E-state index in [4.69, 9.17) is 27.5 Å². The van der Waals surface area contributed by atoms with Crippen LogP contribution in [0.1, 0.15) is 16.5 Å². The fourth-order valence-electron chi connectivity index (χ4n) is 2.31. The zero-order chi connectivity index (χ0) is 18.9. The van der Waals surface area contributed by atoms with Crippen LogP contribution in [-0.4, -0.2) is 26.2 Å². The molecule has 2 rings (SSSR count). The Bertz CT molecular complexity index is 787. The van der Waals surface area contributed by atoms with Crippen molar-refractivity contribution >= 4 is 33.4 Å². The summed E-state index contributed by atoms with van der Waals surface area (Å²) >= 11 is 9.59. The Balaban J connectivity index is 1.89. The van der Waals surface area contributed by atoms with Gasteiger partial charge in [0, 0.05) is 11.0 Å². The average molecular weight is 437 g/mol. The SMILES string of the molecule is C#CCOc1ccc(CCNC(=O)C(Cl)c2ccc(Br)cc2)cc1OC. The molecular weight excluding hydrogens is 418 g/mol. The van der Waals surface area contributed by atoms with E-state index in [1.807, 2.05) is 36.4 Å². The van der Waals surface area contributed by atoms with Gasteiger partial charge in [-0.1, -0.05) is 40.0 Å². The fourth-order valence-corrected chi connectivity index (χ4v) is 2.80. The number of amides is 1. The molecule has 1 atom stereocenters. The first-order chi connectivity index (χ1) is 12.5. The quantitative estimate of drug-likeness (QED) is 0.500. The number of rotatable bonds is 8. The van der Waals surface area contributed by atoms with E-state index in [1.54, 1.807) is 13.2 Å². The molecule has 0 bridgehead atoms. The second kappa shape index (κ2) is 10.1. The molecule has 136 valence electrons. The molecule has 0 radical (unpaired) electrons. The van der Waals surface area contributed by atoms with E-state index in [-0.39, 0.29) is 12.5 Å². The molecule has 0 saturated carbocycles. The molecule has 0 aliphatic rings. The molecule has 0 saturated heterocycles. The lowest BCUT2D eigenvalue weighted by Crippen LogP contribution is -2.28. The van der Waals surface area contributed by atoms with Gasteiger partial charge in [-0.2, -0.15) is 0 Å². The third-order valence-corrected chi connectivity index (χ3v) is 4.62. The number of halogens is 2. The van der Waals surface area contributed by atoms with Gasteiger partial charge in [-0.15, -0.1) is 18.0 Å². The number of benzene rings is 2. The van der Waals surface area contributed by atoms with Gasteiger partial charge in [0.25, 0.3) is 0 Å². The second-order valence-electron chi connectivity index (χ2n) is 5.43. The third-order valence-electron chi connectivity index (χ3n) is 3.64. The maximum atomic E-state index is 12.2. The molecule has 0 heterocycles. The summed E-state index contributed by atoms with van der Waals surface area (Å²) in [7, 11) is 1.57. The highest BCUT2D eigenvalue weighted by molar-refractivity contribution is 9.10. The molecule has 0 aromatic heterocycles. The largest absolute Gasteiger partial charge is 0.493 e. The van der Waals surface area contributed by atoms with Crippen LogP contribution in [0.5, 0.6) is 11.5 Å². The smallest absolute Gasteiger partial charge is 0.242 e. The van der Waals surface area contributed by atoms with Crippen LogP contribution in [0.2, 0.25) is 0 Å². The number of carbonyl (C=O) groups is 1. The molecule has 0 aliphatic carbocycles. The van der Waals surface area contributed by atoms with Gasteiger partial charge in [0.1, 0.15) is 12.0 Å².